The van der Waals surface area contributed by atoms with E-state index in [1.165, 1.54) is 135 Å². The summed E-state index contributed by atoms with van der Waals surface area (Å²) in [6.45, 7) is 18.5. The minimum atomic E-state index is -0.0332. The van der Waals surface area contributed by atoms with Crippen molar-refractivity contribution in [3.63, 3.8) is 0 Å². The molecule has 0 amide bonds. The summed E-state index contributed by atoms with van der Waals surface area (Å²) in [5, 5.41) is 7.83. The Hall–Kier alpha value is -2.48. The molecule has 43 heavy (non-hydrogen) atoms. The third kappa shape index (κ3) is 6.64. The van der Waals surface area contributed by atoms with Gasteiger partial charge in [0.15, 0.2) is 0 Å². The molecule has 2 N–H and O–H groups in total. The fourth-order valence-electron chi connectivity index (χ4n) is 8.52. The first-order valence-corrected chi connectivity index (χ1v) is 17.8. The first-order chi connectivity index (χ1) is 20.5. The second-order valence-electron chi connectivity index (χ2n) is 15.4. The number of benzene rings is 2. The van der Waals surface area contributed by atoms with Crippen LogP contribution in [0.4, 0.5) is 11.4 Å². The predicted octanol–water partition coefficient (Wildman–Crippen LogP) is 12.7. The standard InChI is InChI=1S/C41H60N2/c1-9-11-13-15-17-19-21-41(22-20-18-16-14-12-10-2)35-25-37-31(29(3)27-39(5,6)42-37)23-33(35)34-24-32-30(4)28-40(7,8)43-38(32)26-36(34)41/h23-28,42-43H,9-22H2,1-8H3. The second-order valence-corrected chi connectivity index (χ2v) is 15.4. The van der Waals surface area contributed by atoms with Crippen molar-refractivity contribution in [2.45, 2.75) is 162 Å². The monoisotopic (exact) mass is 580 g/mol. The molecule has 2 heteroatoms. The lowest BCUT2D eigenvalue weighted by molar-refractivity contribution is 0.398. The fourth-order valence-corrected chi connectivity index (χ4v) is 8.52. The molecule has 0 bridgehead atoms. The predicted molar refractivity (Wildman–Crippen MR) is 191 cm³/mol. The summed E-state index contributed by atoms with van der Waals surface area (Å²) in [5.74, 6) is 0. The van der Waals surface area contributed by atoms with E-state index < -0.39 is 0 Å². The van der Waals surface area contributed by atoms with Gasteiger partial charge in [-0.15, -0.1) is 0 Å². The Morgan fingerprint density at radius 3 is 1.26 bits per heavy atom. The van der Waals surface area contributed by atoms with E-state index in [-0.39, 0.29) is 16.5 Å². The molecule has 0 radical (unpaired) electrons. The Labute approximate surface area is 264 Å². The van der Waals surface area contributed by atoms with Gasteiger partial charge in [-0.3, -0.25) is 0 Å². The summed E-state index contributed by atoms with van der Waals surface area (Å²) in [4.78, 5) is 0. The van der Waals surface area contributed by atoms with Crippen molar-refractivity contribution < 1.29 is 0 Å². The van der Waals surface area contributed by atoms with Crippen molar-refractivity contribution in [3.8, 4) is 11.1 Å². The maximum Gasteiger partial charge on any atom is 0.0505 e. The average molecular weight is 581 g/mol. The van der Waals surface area contributed by atoms with Gasteiger partial charge in [0.2, 0.25) is 0 Å². The van der Waals surface area contributed by atoms with Gasteiger partial charge in [0.25, 0.3) is 0 Å². The molecule has 234 valence electrons. The first-order valence-electron chi connectivity index (χ1n) is 17.8. The van der Waals surface area contributed by atoms with Gasteiger partial charge in [0.05, 0.1) is 11.1 Å². The number of nitrogens with one attached hydrogen (secondary N) is 2. The van der Waals surface area contributed by atoms with Crippen LogP contribution < -0.4 is 10.6 Å². The zero-order valence-corrected chi connectivity index (χ0v) is 28.9. The smallest absolute Gasteiger partial charge is 0.0505 e. The average Bonchev–Trinajstić information content (AvgIpc) is 3.17. The van der Waals surface area contributed by atoms with Crippen LogP contribution in [0.2, 0.25) is 0 Å². The highest BCUT2D eigenvalue weighted by molar-refractivity contribution is 5.94. The third-order valence-corrected chi connectivity index (χ3v) is 10.5. The van der Waals surface area contributed by atoms with Gasteiger partial charge in [-0.25, -0.2) is 0 Å². The summed E-state index contributed by atoms with van der Waals surface area (Å²) < 4.78 is 0. The summed E-state index contributed by atoms with van der Waals surface area (Å²) >= 11 is 0. The van der Waals surface area contributed by atoms with Crippen LogP contribution in [-0.2, 0) is 5.41 Å². The number of hydrogen-bond acceptors (Lipinski definition) is 2. The topological polar surface area (TPSA) is 24.1 Å². The van der Waals surface area contributed by atoms with Gasteiger partial charge in [0.1, 0.15) is 0 Å². The second kappa shape index (κ2) is 12.9. The van der Waals surface area contributed by atoms with Crippen LogP contribution in [0.25, 0.3) is 22.3 Å². The number of unbranched alkanes of at least 4 members (excludes halogenated alkanes) is 10. The van der Waals surface area contributed by atoms with Crippen LogP contribution in [0.15, 0.2) is 36.4 Å². The van der Waals surface area contributed by atoms with Gasteiger partial charge in [-0.1, -0.05) is 103 Å². The van der Waals surface area contributed by atoms with E-state index in [0.717, 1.165) is 0 Å². The summed E-state index contributed by atoms with van der Waals surface area (Å²) in [6.07, 6.45) is 23.5. The zero-order chi connectivity index (χ0) is 30.8. The minimum absolute atomic E-state index is 0.0332. The van der Waals surface area contributed by atoms with Crippen LogP contribution in [0.5, 0.6) is 0 Å². The molecule has 5 rings (SSSR count). The van der Waals surface area contributed by atoms with E-state index in [1.54, 1.807) is 11.1 Å². The normalized spacial score (nSPS) is 18.4. The summed E-state index contributed by atoms with van der Waals surface area (Å²) in [5.41, 5.74) is 14.4. The van der Waals surface area contributed by atoms with Crippen molar-refractivity contribution in [2.75, 3.05) is 10.6 Å². The van der Waals surface area contributed by atoms with Crippen molar-refractivity contribution in [1.82, 2.24) is 0 Å². The van der Waals surface area contributed by atoms with Crippen molar-refractivity contribution in [3.05, 3.63) is 58.7 Å². The van der Waals surface area contributed by atoms with Crippen LogP contribution in [0, 0.1) is 0 Å². The highest BCUT2D eigenvalue weighted by atomic mass is 15.0. The maximum atomic E-state index is 3.92. The van der Waals surface area contributed by atoms with Crippen LogP contribution in [0.3, 0.4) is 0 Å². The van der Waals surface area contributed by atoms with Gasteiger partial charge in [-0.2, -0.15) is 0 Å². The number of anilines is 2. The summed E-state index contributed by atoms with van der Waals surface area (Å²) in [7, 11) is 0. The third-order valence-electron chi connectivity index (χ3n) is 10.5. The Morgan fingerprint density at radius 2 is 0.860 bits per heavy atom. The molecule has 2 aromatic rings. The van der Waals surface area contributed by atoms with Gasteiger partial charge < -0.3 is 10.6 Å². The molecule has 2 nitrogen and oxygen atoms in total. The molecule has 0 atom stereocenters. The van der Waals surface area contributed by atoms with E-state index in [2.05, 4.69) is 102 Å². The van der Waals surface area contributed by atoms with Crippen LogP contribution in [0.1, 0.15) is 168 Å². The van der Waals surface area contributed by atoms with Gasteiger partial charge in [-0.05, 0) is 112 Å². The molecule has 1 aliphatic carbocycles. The van der Waals surface area contributed by atoms with Crippen molar-refractivity contribution in [1.29, 1.82) is 0 Å². The summed E-state index contributed by atoms with van der Waals surface area (Å²) in [6, 6.07) is 10.3. The molecular weight excluding hydrogens is 520 g/mol. The Morgan fingerprint density at radius 1 is 0.488 bits per heavy atom. The van der Waals surface area contributed by atoms with Crippen LogP contribution >= 0.6 is 0 Å². The zero-order valence-electron chi connectivity index (χ0n) is 28.9. The molecule has 2 aromatic carbocycles. The minimum Gasteiger partial charge on any atom is -0.376 e. The Balaban J connectivity index is 1.62. The lowest BCUT2D eigenvalue weighted by Crippen LogP contribution is -2.33. The number of fused-ring (bicyclic) bond motifs is 5. The maximum absolute atomic E-state index is 3.92. The van der Waals surface area contributed by atoms with E-state index in [4.69, 9.17) is 0 Å². The molecule has 0 unspecified atom stereocenters. The van der Waals surface area contributed by atoms with E-state index in [1.807, 2.05) is 0 Å². The first kappa shape index (κ1) is 31.9. The van der Waals surface area contributed by atoms with Crippen molar-refractivity contribution >= 4 is 22.5 Å². The quantitative estimate of drug-likeness (QED) is 0.217. The van der Waals surface area contributed by atoms with Crippen molar-refractivity contribution in [2.24, 2.45) is 0 Å². The molecule has 3 aliphatic rings. The number of rotatable bonds is 14. The lowest BCUT2D eigenvalue weighted by atomic mass is 9.69. The number of hydrogen-bond donors (Lipinski definition) is 2. The largest absolute Gasteiger partial charge is 0.376 e. The lowest BCUT2D eigenvalue weighted by Gasteiger charge is -2.37. The highest BCUT2D eigenvalue weighted by Gasteiger charge is 2.44. The van der Waals surface area contributed by atoms with Gasteiger partial charge in [0, 0.05) is 27.9 Å². The Kier molecular flexibility index (Phi) is 9.55. The molecule has 2 heterocycles. The molecular formula is C41H60N2. The number of allylic oxidation sites excluding steroid dienone is 2. The van der Waals surface area contributed by atoms with E-state index in [9.17, 15) is 0 Å². The molecule has 0 fully saturated rings. The Bertz CT molecular complexity index is 1260. The molecule has 0 aromatic heterocycles. The molecule has 0 saturated heterocycles. The van der Waals surface area contributed by atoms with Crippen LogP contribution in [-0.4, -0.2) is 11.1 Å². The van der Waals surface area contributed by atoms with E-state index >= 15 is 0 Å². The van der Waals surface area contributed by atoms with Gasteiger partial charge >= 0.3 is 0 Å². The highest BCUT2D eigenvalue weighted by Crippen LogP contribution is 2.58. The SMILES string of the molecule is CCCCCCCCC1(CCCCCCCC)c2cc3c(cc2-c2cc4c(cc21)NC(C)(C)C=C4C)C(C)=CC(C)(C)N3. The fraction of sp³-hybridized carbons (Fsp3) is 0.610. The molecule has 2 aliphatic heterocycles. The molecule has 0 saturated carbocycles. The van der Waals surface area contributed by atoms with E-state index in [0.29, 0.717) is 0 Å². The molecule has 0 spiro atoms.